The molecular formula is C21H17N5O2. The average molecular weight is 371 g/mol. The van der Waals surface area contributed by atoms with Crippen molar-refractivity contribution in [2.45, 2.75) is 6.92 Å². The lowest BCUT2D eigenvalue weighted by atomic mass is 10.1. The quantitative estimate of drug-likeness (QED) is 0.557. The third-order valence-electron chi connectivity index (χ3n) is 4.64. The number of aromatic nitrogens is 3. The van der Waals surface area contributed by atoms with Crippen LogP contribution in [0.25, 0.3) is 22.6 Å². The van der Waals surface area contributed by atoms with E-state index in [9.17, 15) is 10.1 Å². The van der Waals surface area contributed by atoms with E-state index in [2.05, 4.69) is 0 Å². The molecule has 0 aliphatic rings. The van der Waals surface area contributed by atoms with Crippen molar-refractivity contribution in [1.29, 1.82) is 5.26 Å². The van der Waals surface area contributed by atoms with Crippen LogP contribution in [0.1, 0.15) is 21.6 Å². The topological polar surface area (TPSA) is 98.3 Å². The highest BCUT2D eigenvalue weighted by Gasteiger charge is 2.22. The zero-order valence-electron chi connectivity index (χ0n) is 15.4. The number of hydrogen-bond donors (Lipinski definition) is 1. The monoisotopic (exact) mass is 371 g/mol. The van der Waals surface area contributed by atoms with E-state index in [0.29, 0.717) is 5.69 Å². The summed E-state index contributed by atoms with van der Waals surface area (Å²) in [6.45, 7) is 2.01. The molecule has 7 nitrogen and oxygen atoms in total. The van der Waals surface area contributed by atoms with Gasteiger partial charge in [-0.3, -0.25) is 0 Å². The summed E-state index contributed by atoms with van der Waals surface area (Å²) >= 11 is 0. The molecule has 4 rings (SSSR count). The van der Waals surface area contributed by atoms with E-state index in [0.717, 1.165) is 22.5 Å². The summed E-state index contributed by atoms with van der Waals surface area (Å²) in [6, 6.07) is 13.5. The minimum absolute atomic E-state index is 0.100. The van der Waals surface area contributed by atoms with Gasteiger partial charge in [0.2, 0.25) is 0 Å². The van der Waals surface area contributed by atoms with Gasteiger partial charge in [0.15, 0.2) is 5.69 Å². The summed E-state index contributed by atoms with van der Waals surface area (Å²) in [7, 11) is 1.28. The number of aryl methyl sites for hydroxylation is 1. The van der Waals surface area contributed by atoms with E-state index in [1.165, 1.54) is 13.3 Å². The Hall–Kier alpha value is -4.05. The van der Waals surface area contributed by atoms with Crippen LogP contribution >= 0.6 is 0 Å². The molecule has 0 aliphatic carbocycles. The number of fused-ring (bicyclic) bond motifs is 1. The van der Waals surface area contributed by atoms with Crippen LogP contribution < -0.4 is 5.73 Å². The number of benzene rings is 1. The third-order valence-corrected chi connectivity index (χ3v) is 4.64. The first-order valence-electron chi connectivity index (χ1n) is 8.58. The number of hydrogen-bond acceptors (Lipinski definition) is 5. The average Bonchev–Trinajstić information content (AvgIpc) is 3.29. The molecule has 0 aliphatic heterocycles. The molecule has 0 unspecified atom stereocenters. The summed E-state index contributed by atoms with van der Waals surface area (Å²) in [6.07, 6.45) is 5.44. The Morgan fingerprint density at radius 1 is 1.25 bits per heavy atom. The van der Waals surface area contributed by atoms with Gasteiger partial charge in [0.1, 0.15) is 11.7 Å². The maximum atomic E-state index is 12.2. The lowest BCUT2D eigenvalue weighted by Crippen LogP contribution is -2.11. The molecule has 0 radical (unpaired) electrons. The third kappa shape index (κ3) is 2.68. The lowest BCUT2D eigenvalue weighted by molar-refractivity contribution is 0.0593. The maximum absolute atomic E-state index is 12.2. The maximum Gasteiger partial charge on any atom is 0.357 e. The molecule has 0 saturated carbocycles. The Morgan fingerprint density at radius 2 is 2.07 bits per heavy atom. The van der Waals surface area contributed by atoms with Crippen LogP contribution in [0.5, 0.6) is 0 Å². The number of pyridine rings is 1. The van der Waals surface area contributed by atoms with Crippen LogP contribution in [-0.4, -0.2) is 27.0 Å². The van der Waals surface area contributed by atoms with Gasteiger partial charge in [0.25, 0.3) is 0 Å². The number of nitrogen functional groups attached to an aromatic ring is 1. The molecule has 0 fully saturated rings. The normalized spacial score (nSPS) is 10.8. The molecule has 138 valence electrons. The van der Waals surface area contributed by atoms with Crippen molar-refractivity contribution < 1.29 is 9.53 Å². The van der Waals surface area contributed by atoms with Crippen molar-refractivity contribution >= 4 is 17.3 Å². The molecule has 2 N–H and O–H groups in total. The van der Waals surface area contributed by atoms with Crippen LogP contribution in [0, 0.1) is 18.3 Å². The van der Waals surface area contributed by atoms with Crippen LogP contribution in [-0.2, 0) is 4.74 Å². The molecule has 3 aromatic heterocycles. The van der Waals surface area contributed by atoms with Gasteiger partial charge in [0, 0.05) is 29.8 Å². The van der Waals surface area contributed by atoms with Gasteiger partial charge in [0.05, 0.1) is 24.1 Å². The van der Waals surface area contributed by atoms with Crippen molar-refractivity contribution in [3.05, 3.63) is 71.8 Å². The highest BCUT2D eigenvalue weighted by atomic mass is 16.5. The first kappa shape index (κ1) is 17.4. The molecule has 0 amide bonds. The van der Waals surface area contributed by atoms with Crippen molar-refractivity contribution in [3.63, 3.8) is 0 Å². The van der Waals surface area contributed by atoms with E-state index < -0.39 is 5.97 Å². The Labute approximate surface area is 161 Å². The van der Waals surface area contributed by atoms with E-state index in [1.54, 1.807) is 4.57 Å². The summed E-state index contributed by atoms with van der Waals surface area (Å²) in [5.41, 5.74) is 10.8. The second-order valence-corrected chi connectivity index (χ2v) is 6.38. The second-order valence-electron chi connectivity index (χ2n) is 6.38. The number of ether oxygens (including phenoxy) is 1. The van der Waals surface area contributed by atoms with Crippen LogP contribution in [0.4, 0.5) is 5.69 Å². The van der Waals surface area contributed by atoms with E-state index >= 15 is 0 Å². The molecule has 4 aromatic rings. The van der Waals surface area contributed by atoms with Gasteiger partial charge in [-0.1, -0.05) is 18.2 Å². The Balaban J connectivity index is 1.87. The number of anilines is 1. The molecule has 0 bridgehead atoms. The fourth-order valence-electron chi connectivity index (χ4n) is 3.23. The molecule has 3 heterocycles. The Kier molecular flexibility index (Phi) is 4.09. The van der Waals surface area contributed by atoms with Crippen LogP contribution in [0.3, 0.4) is 0 Å². The fourth-order valence-corrected chi connectivity index (χ4v) is 3.23. The standard InChI is InChI=1S/C21H17N5O2/c1-13-5-4-8-25-12-17(24-20(13)25)14-6-3-7-16(9-14)26-11-15(10-22)18(23)19(26)21(27)28-2/h3-9,11-12H,23H2,1-2H3. The number of imidazole rings is 1. The van der Waals surface area contributed by atoms with E-state index in [1.807, 2.05) is 66.2 Å². The second kappa shape index (κ2) is 6.59. The summed E-state index contributed by atoms with van der Waals surface area (Å²) in [4.78, 5) is 16.9. The van der Waals surface area contributed by atoms with Crippen molar-refractivity contribution in [2.75, 3.05) is 12.8 Å². The minimum Gasteiger partial charge on any atom is -0.464 e. The van der Waals surface area contributed by atoms with E-state index in [4.69, 9.17) is 15.5 Å². The zero-order valence-corrected chi connectivity index (χ0v) is 15.4. The number of nitriles is 1. The predicted octanol–water partition coefficient (Wildman–Crippen LogP) is 3.34. The molecule has 7 heteroatoms. The molecule has 0 spiro atoms. The van der Waals surface area contributed by atoms with Crippen molar-refractivity contribution in [2.24, 2.45) is 0 Å². The van der Waals surface area contributed by atoms with Crippen molar-refractivity contribution in [1.82, 2.24) is 14.0 Å². The highest BCUT2D eigenvalue weighted by Crippen LogP contribution is 2.28. The first-order chi connectivity index (χ1) is 13.5. The highest BCUT2D eigenvalue weighted by molar-refractivity contribution is 5.96. The fraction of sp³-hybridized carbons (Fsp3) is 0.0952. The zero-order chi connectivity index (χ0) is 19.8. The Bertz CT molecular complexity index is 1260. The smallest absolute Gasteiger partial charge is 0.357 e. The molecular weight excluding hydrogens is 354 g/mol. The lowest BCUT2D eigenvalue weighted by Gasteiger charge is -2.09. The number of methoxy groups -OCH3 is 1. The summed E-state index contributed by atoms with van der Waals surface area (Å²) in [5, 5.41) is 9.29. The van der Waals surface area contributed by atoms with Gasteiger partial charge >= 0.3 is 5.97 Å². The number of carbonyl (C=O) groups is 1. The van der Waals surface area contributed by atoms with Gasteiger partial charge in [-0.05, 0) is 30.7 Å². The van der Waals surface area contributed by atoms with E-state index in [-0.39, 0.29) is 16.9 Å². The number of rotatable bonds is 3. The molecule has 28 heavy (non-hydrogen) atoms. The largest absolute Gasteiger partial charge is 0.464 e. The number of nitrogens with zero attached hydrogens (tertiary/aromatic N) is 4. The van der Waals surface area contributed by atoms with Gasteiger partial charge < -0.3 is 19.4 Å². The van der Waals surface area contributed by atoms with Gasteiger partial charge in [-0.2, -0.15) is 5.26 Å². The number of nitrogens with two attached hydrogens (primary N) is 1. The van der Waals surface area contributed by atoms with Crippen LogP contribution in [0.15, 0.2) is 55.0 Å². The number of carbonyl (C=O) groups excluding carboxylic acids is 1. The SMILES string of the molecule is COC(=O)c1c(N)c(C#N)cn1-c1cccc(-c2cn3cccc(C)c3n2)c1. The van der Waals surface area contributed by atoms with Crippen molar-refractivity contribution in [3.8, 4) is 23.0 Å². The summed E-state index contributed by atoms with van der Waals surface area (Å²) in [5.74, 6) is -0.604. The minimum atomic E-state index is -0.604. The molecule has 1 aromatic carbocycles. The summed E-state index contributed by atoms with van der Waals surface area (Å²) < 4.78 is 8.38. The molecule has 0 saturated heterocycles. The van der Waals surface area contributed by atoms with Crippen LogP contribution in [0.2, 0.25) is 0 Å². The molecule has 0 atom stereocenters. The first-order valence-corrected chi connectivity index (χ1v) is 8.58. The van der Waals surface area contributed by atoms with Gasteiger partial charge in [-0.25, -0.2) is 9.78 Å². The Morgan fingerprint density at radius 3 is 2.79 bits per heavy atom. The number of esters is 1. The predicted molar refractivity (Wildman–Crippen MR) is 105 cm³/mol. The van der Waals surface area contributed by atoms with Gasteiger partial charge in [-0.15, -0.1) is 0 Å².